The lowest BCUT2D eigenvalue weighted by Crippen LogP contribution is -1.74. The molecule has 8 heavy (non-hydrogen) atoms. The molecule has 0 amide bonds. The fourth-order valence-corrected chi connectivity index (χ4v) is 1.19. The molecule has 0 fully saturated rings. The molecule has 0 spiro atoms. The third-order valence-electron chi connectivity index (χ3n) is 1.63. The van der Waals surface area contributed by atoms with Crippen molar-refractivity contribution in [2.75, 3.05) is 0 Å². The summed E-state index contributed by atoms with van der Waals surface area (Å²) in [6.45, 7) is 3.81. The smallest absolute Gasteiger partial charge is 0.0317 e. The average Bonchev–Trinajstić information content (AvgIpc) is 2.19. The zero-order valence-corrected chi connectivity index (χ0v) is 5.32. The first-order valence-corrected chi connectivity index (χ1v) is 3.40. The van der Waals surface area contributed by atoms with E-state index in [0.29, 0.717) is 0 Å². The van der Waals surface area contributed by atoms with Crippen molar-refractivity contribution in [2.45, 2.75) is 32.1 Å². The van der Waals surface area contributed by atoms with Crippen LogP contribution in [0.4, 0.5) is 0 Å². The Kier molecular flexibility index (Phi) is 2.13. The number of hydrogen-bond donors (Lipinski definition) is 0. The SMILES string of the molecule is [CH2]CCC1=CCCC1. The summed E-state index contributed by atoms with van der Waals surface area (Å²) < 4.78 is 0. The summed E-state index contributed by atoms with van der Waals surface area (Å²) in [6, 6.07) is 0. The van der Waals surface area contributed by atoms with Gasteiger partial charge in [-0.2, -0.15) is 0 Å². The predicted octanol–water partition coefficient (Wildman–Crippen LogP) is 2.71. The molecular formula is C8H13. The molecule has 0 heteroatoms. The topological polar surface area (TPSA) is 0 Å². The maximum Gasteiger partial charge on any atom is -0.0317 e. The van der Waals surface area contributed by atoms with Gasteiger partial charge in [0.2, 0.25) is 0 Å². The standard InChI is InChI=1S/C8H13/c1-2-5-8-6-3-4-7-8/h6H,1-5,7H2. The molecule has 0 atom stereocenters. The van der Waals surface area contributed by atoms with Crippen molar-refractivity contribution in [3.05, 3.63) is 18.6 Å². The van der Waals surface area contributed by atoms with E-state index < -0.39 is 0 Å². The van der Waals surface area contributed by atoms with Crippen molar-refractivity contribution < 1.29 is 0 Å². The van der Waals surface area contributed by atoms with Gasteiger partial charge < -0.3 is 0 Å². The molecule has 0 saturated carbocycles. The maximum atomic E-state index is 3.81. The third-order valence-corrected chi connectivity index (χ3v) is 1.63. The Balaban J connectivity index is 2.23. The molecule has 0 aliphatic heterocycles. The number of hydrogen-bond acceptors (Lipinski definition) is 0. The monoisotopic (exact) mass is 109 g/mol. The molecule has 0 aromatic heterocycles. The summed E-state index contributed by atoms with van der Waals surface area (Å²) in [5, 5.41) is 0. The van der Waals surface area contributed by atoms with E-state index in [0.717, 1.165) is 6.42 Å². The molecule has 0 bridgehead atoms. The second-order valence-electron chi connectivity index (χ2n) is 2.36. The Labute approximate surface area is 51.6 Å². The average molecular weight is 109 g/mol. The first kappa shape index (κ1) is 5.87. The molecule has 0 N–H and O–H groups in total. The van der Waals surface area contributed by atoms with Crippen LogP contribution in [0.25, 0.3) is 0 Å². The molecular weight excluding hydrogens is 96.1 g/mol. The molecule has 0 aromatic carbocycles. The fourth-order valence-electron chi connectivity index (χ4n) is 1.19. The van der Waals surface area contributed by atoms with Gasteiger partial charge in [-0.05, 0) is 32.1 Å². The van der Waals surface area contributed by atoms with E-state index in [4.69, 9.17) is 0 Å². The first-order chi connectivity index (χ1) is 3.93. The van der Waals surface area contributed by atoms with E-state index in [1.165, 1.54) is 25.7 Å². The second-order valence-corrected chi connectivity index (χ2v) is 2.36. The van der Waals surface area contributed by atoms with Crippen LogP contribution < -0.4 is 0 Å². The van der Waals surface area contributed by atoms with Crippen LogP contribution in [0.5, 0.6) is 0 Å². The third kappa shape index (κ3) is 1.36. The summed E-state index contributed by atoms with van der Waals surface area (Å²) in [4.78, 5) is 0. The first-order valence-electron chi connectivity index (χ1n) is 3.40. The van der Waals surface area contributed by atoms with Crippen LogP contribution in [0.3, 0.4) is 0 Å². The second kappa shape index (κ2) is 2.91. The molecule has 0 unspecified atom stereocenters. The molecule has 1 rings (SSSR count). The molecule has 45 valence electrons. The Morgan fingerprint density at radius 2 is 2.50 bits per heavy atom. The Bertz CT molecular complexity index is 90.2. The minimum atomic E-state index is 1.08. The summed E-state index contributed by atoms with van der Waals surface area (Å²) >= 11 is 0. The van der Waals surface area contributed by atoms with E-state index in [1.807, 2.05) is 0 Å². The Hall–Kier alpha value is -0.260. The zero-order valence-electron chi connectivity index (χ0n) is 5.32. The minimum Gasteiger partial charge on any atom is -0.0853 e. The maximum absolute atomic E-state index is 3.81. The van der Waals surface area contributed by atoms with Crippen LogP contribution in [-0.2, 0) is 0 Å². The van der Waals surface area contributed by atoms with Crippen molar-refractivity contribution in [3.8, 4) is 0 Å². The Morgan fingerprint density at radius 1 is 1.62 bits per heavy atom. The Morgan fingerprint density at radius 3 is 3.00 bits per heavy atom. The van der Waals surface area contributed by atoms with Crippen molar-refractivity contribution in [3.63, 3.8) is 0 Å². The van der Waals surface area contributed by atoms with E-state index in [1.54, 1.807) is 5.57 Å². The highest BCUT2D eigenvalue weighted by Gasteiger charge is 2.01. The van der Waals surface area contributed by atoms with Crippen LogP contribution in [0.2, 0.25) is 0 Å². The van der Waals surface area contributed by atoms with Gasteiger partial charge >= 0.3 is 0 Å². The van der Waals surface area contributed by atoms with Gasteiger partial charge in [-0.15, -0.1) is 0 Å². The van der Waals surface area contributed by atoms with Crippen molar-refractivity contribution in [2.24, 2.45) is 0 Å². The van der Waals surface area contributed by atoms with Gasteiger partial charge in [0.1, 0.15) is 0 Å². The van der Waals surface area contributed by atoms with Gasteiger partial charge in [-0.1, -0.05) is 18.6 Å². The molecule has 0 heterocycles. The fraction of sp³-hybridized carbons (Fsp3) is 0.625. The normalized spacial score (nSPS) is 18.9. The van der Waals surface area contributed by atoms with Crippen LogP contribution in [0.15, 0.2) is 11.6 Å². The number of rotatable bonds is 2. The van der Waals surface area contributed by atoms with Gasteiger partial charge in [0.05, 0.1) is 0 Å². The van der Waals surface area contributed by atoms with Crippen LogP contribution in [-0.4, -0.2) is 0 Å². The zero-order chi connectivity index (χ0) is 5.82. The summed E-state index contributed by atoms with van der Waals surface area (Å²) in [5.74, 6) is 0. The highest BCUT2D eigenvalue weighted by Crippen LogP contribution is 2.20. The minimum absolute atomic E-state index is 1.08. The molecule has 1 aliphatic rings. The molecule has 1 aliphatic carbocycles. The molecule has 0 saturated heterocycles. The molecule has 1 radical (unpaired) electrons. The molecule has 0 nitrogen and oxygen atoms in total. The van der Waals surface area contributed by atoms with Gasteiger partial charge in [-0.25, -0.2) is 0 Å². The van der Waals surface area contributed by atoms with Crippen LogP contribution in [0.1, 0.15) is 32.1 Å². The quantitative estimate of drug-likeness (QED) is 0.478. The van der Waals surface area contributed by atoms with E-state index in [-0.39, 0.29) is 0 Å². The summed E-state index contributed by atoms with van der Waals surface area (Å²) in [7, 11) is 0. The predicted molar refractivity (Wildman–Crippen MR) is 36.5 cm³/mol. The van der Waals surface area contributed by atoms with Gasteiger partial charge in [0.25, 0.3) is 0 Å². The van der Waals surface area contributed by atoms with Crippen molar-refractivity contribution in [1.29, 1.82) is 0 Å². The van der Waals surface area contributed by atoms with Crippen LogP contribution >= 0.6 is 0 Å². The van der Waals surface area contributed by atoms with Crippen LogP contribution in [0, 0.1) is 6.92 Å². The van der Waals surface area contributed by atoms with Gasteiger partial charge in [0, 0.05) is 0 Å². The van der Waals surface area contributed by atoms with Crippen molar-refractivity contribution >= 4 is 0 Å². The highest BCUT2D eigenvalue weighted by atomic mass is 14.1. The van der Waals surface area contributed by atoms with Crippen molar-refractivity contribution in [1.82, 2.24) is 0 Å². The van der Waals surface area contributed by atoms with E-state index >= 15 is 0 Å². The van der Waals surface area contributed by atoms with Gasteiger partial charge in [0.15, 0.2) is 0 Å². The highest BCUT2D eigenvalue weighted by molar-refractivity contribution is 5.06. The lowest BCUT2D eigenvalue weighted by atomic mass is 10.1. The van der Waals surface area contributed by atoms with Gasteiger partial charge in [-0.3, -0.25) is 0 Å². The summed E-state index contributed by atoms with van der Waals surface area (Å²) in [5.41, 5.74) is 1.64. The van der Waals surface area contributed by atoms with E-state index in [2.05, 4.69) is 13.0 Å². The summed E-state index contributed by atoms with van der Waals surface area (Å²) in [6.07, 6.45) is 8.72. The largest absolute Gasteiger partial charge is 0.0853 e. The molecule has 0 aromatic rings. The van der Waals surface area contributed by atoms with E-state index in [9.17, 15) is 0 Å². The lowest BCUT2D eigenvalue weighted by molar-refractivity contribution is 0.855. The number of allylic oxidation sites excluding steroid dienone is 2. The lowest BCUT2D eigenvalue weighted by Gasteiger charge is -1.93.